The number of hydrogen-bond acceptors (Lipinski definition) is 10. The molecule has 0 atom stereocenters. The number of Topliss-reactive ketones (excluding diaryl/α,β-unsaturated/α-hetero) is 2. The summed E-state index contributed by atoms with van der Waals surface area (Å²) in [5.41, 5.74) is 1.92. The van der Waals surface area contributed by atoms with Crippen LogP contribution in [-0.2, 0) is 45.2 Å². The zero-order valence-corrected chi connectivity index (χ0v) is 41.3. The van der Waals surface area contributed by atoms with Crippen LogP contribution < -0.4 is 14.8 Å². The van der Waals surface area contributed by atoms with Crippen molar-refractivity contribution in [2.24, 2.45) is 23.7 Å². The summed E-state index contributed by atoms with van der Waals surface area (Å²) in [6, 6.07) is 15.4. The molecule has 2 aliphatic rings. The van der Waals surface area contributed by atoms with E-state index in [1.165, 1.54) is 6.92 Å². The SMILES string of the molecule is CC(=O)Nc1ccc(CCOCCCC(=O)C2CCC(CS(=O)(=O)C(C)(C)C)CC2)cc1.CCOc1ccccc1OCCCCCC(=O)C1CCC(CS(=O)(=O)C(C)(C)C)CC1. The van der Waals surface area contributed by atoms with E-state index in [-0.39, 0.29) is 41.1 Å². The van der Waals surface area contributed by atoms with Gasteiger partial charge in [0.2, 0.25) is 5.91 Å². The van der Waals surface area contributed by atoms with Crippen LogP contribution in [-0.4, -0.2) is 81.7 Å². The average molecular weight is 918 g/mol. The van der Waals surface area contributed by atoms with Crippen molar-refractivity contribution in [3.8, 4) is 11.5 Å². The molecule has 4 rings (SSSR count). The second-order valence-electron chi connectivity index (χ2n) is 19.5. The van der Waals surface area contributed by atoms with Crippen molar-refractivity contribution in [3.63, 3.8) is 0 Å². The van der Waals surface area contributed by atoms with Gasteiger partial charge >= 0.3 is 0 Å². The van der Waals surface area contributed by atoms with Crippen LogP contribution in [0.4, 0.5) is 5.69 Å². The van der Waals surface area contributed by atoms with Crippen molar-refractivity contribution in [2.45, 2.75) is 161 Å². The number of ketones is 2. The van der Waals surface area contributed by atoms with Crippen LogP contribution in [0.25, 0.3) is 0 Å². The molecule has 1 N–H and O–H groups in total. The molecule has 2 fully saturated rings. The van der Waals surface area contributed by atoms with Crippen molar-refractivity contribution in [1.29, 1.82) is 0 Å². The van der Waals surface area contributed by atoms with E-state index in [0.29, 0.717) is 50.8 Å². The lowest BCUT2D eigenvalue weighted by Gasteiger charge is -2.30. The summed E-state index contributed by atoms with van der Waals surface area (Å²) in [6.45, 7) is 16.4. The third-order valence-corrected chi connectivity index (χ3v) is 17.9. The van der Waals surface area contributed by atoms with Gasteiger partial charge in [-0.15, -0.1) is 0 Å². The van der Waals surface area contributed by atoms with Crippen LogP contribution in [0.3, 0.4) is 0 Å². The first-order valence-corrected chi connectivity index (χ1v) is 26.7. The van der Waals surface area contributed by atoms with Crippen molar-refractivity contribution < 1.29 is 45.4 Å². The number of para-hydroxylation sites is 2. The van der Waals surface area contributed by atoms with Gasteiger partial charge in [-0.05, 0) is 174 Å². The van der Waals surface area contributed by atoms with Crippen LogP contribution in [0, 0.1) is 23.7 Å². The van der Waals surface area contributed by atoms with Crippen molar-refractivity contribution >= 4 is 42.8 Å². The summed E-state index contributed by atoms with van der Waals surface area (Å²) in [5.74, 6) is 3.15. The maximum Gasteiger partial charge on any atom is 0.221 e. The van der Waals surface area contributed by atoms with E-state index in [2.05, 4.69) is 5.32 Å². The maximum absolute atomic E-state index is 12.6. The van der Waals surface area contributed by atoms with Crippen molar-refractivity contribution in [1.82, 2.24) is 0 Å². The van der Waals surface area contributed by atoms with Gasteiger partial charge in [-0.25, -0.2) is 16.8 Å². The minimum atomic E-state index is -3.10. The summed E-state index contributed by atoms with van der Waals surface area (Å²) in [7, 11) is -6.19. The summed E-state index contributed by atoms with van der Waals surface area (Å²) in [6.07, 6.45) is 12.0. The maximum atomic E-state index is 12.6. The monoisotopic (exact) mass is 918 g/mol. The summed E-state index contributed by atoms with van der Waals surface area (Å²) in [5, 5.41) is 2.74. The Hall–Kier alpha value is -3.29. The van der Waals surface area contributed by atoms with E-state index < -0.39 is 29.2 Å². The number of nitrogens with one attached hydrogen (secondary N) is 1. The molecule has 13 heteroatoms. The largest absolute Gasteiger partial charge is 0.490 e. The topological polar surface area (TPSA) is 159 Å². The first-order chi connectivity index (χ1) is 29.6. The van der Waals surface area contributed by atoms with E-state index in [9.17, 15) is 31.2 Å². The lowest BCUT2D eigenvalue weighted by Crippen LogP contribution is -2.35. The molecule has 0 saturated heterocycles. The van der Waals surface area contributed by atoms with E-state index >= 15 is 0 Å². The smallest absolute Gasteiger partial charge is 0.221 e. The van der Waals surface area contributed by atoms with Crippen LogP contribution in [0.2, 0.25) is 0 Å². The molecule has 0 heterocycles. The fraction of sp³-hybridized carbons (Fsp3) is 0.700. The summed E-state index contributed by atoms with van der Waals surface area (Å²) < 4.78 is 65.3. The molecule has 11 nitrogen and oxygen atoms in total. The Morgan fingerprint density at radius 1 is 0.603 bits per heavy atom. The number of ether oxygens (including phenoxy) is 3. The molecular formula is C50H79NO10S2. The Kier molecular flexibility index (Phi) is 22.3. The van der Waals surface area contributed by atoms with Gasteiger partial charge in [-0.3, -0.25) is 14.4 Å². The molecule has 0 aromatic heterocycles. The molecule has 1 amide bonds. The zero-order valence-electron chi connectivity index (χ0n) is 39.7. The predicted molar refractivity (Wildman–Crippen MR) is 254 cm³/mol. The van der Waals surface area contributed by atoms with Gasteiger partial charge in [0.1, 0.15) is 11.6 Å². The Bertz CT molecular complexity index is 1920. The average Bonchev–Trinajstić information content (AvgIpc) is 3.21. The number of carbonyl (C=O) groups excluding carboxylic acids is 3. The van der Waals surface area contributed by atoms with Gasteiger partial charge in [-0.1, -0.05) is 24.3 Å². The highest BCUT2D eigenvalue weighted by molar-refractivity contribution is 7.93. The number of anilines is 1. The van der Waals surface area contributed by atoms with Gasteiger partial charge in [0, 0.05) is 43.9 Å². The number of amides is 1. The van der Waals surface area contributed by atoms with Gasteiger partial charge in [0.25, 0.3) is 0 Å². The molecule has 63 heavy (non-hydrogen) atoms. The summed E-state index contributed by atoms with van der Waals surface area (Å²) >= 11 is 0. The standard InChI is InChI=1S/C25H39NO5S.C25H40O5S/c1-19(27)26-23-13-9-20(10-14-23)15-17-31-16-5-6-24(28)22-11-7-21(8-12-22)18-32(29,30)25(2,3)4;1-5-29-23-12-8-9-13-24(23)30-18-10-6-7-11-22(26)21-16-14-20(15-17-21)19-31(27,28)25(2,3)4/h9-10,13-14,21-22H,5-8,11-12,15-18H2,1-4H3,(H,26,27);8-9,12-13,20-21H,5-7,10-11,14-19H2,1-4H3. The van der Waals surface area contributed by atoms with Crippen molar-refractivity contribution in [2.75, 3.05) is 43.3 Å². The number of unbranched alkanes of at least 4 members (excludes halogenated alkanes) is 2. The number of carbonyl (C=O) groups is 3. The van der Waals surface area contributed by atoms with Crippen molar-refractivity contribution in [3.05, 3.63) is 54.1 Å². The number of benzene rings is 2. The Morgan fingerprint density at radius 3 is 1.54 bits per heavy atom. The Balaban J connectivity index is 0.000000335. The Morgan fingerprint density at radius 2 is 1.08 bits per heavy atom. The molecule has 356 valence electrons. The molecule has 0 spiro atoms. The second-order valence-corrected chi connectivity index (χ2v) is 25.1. The van der Waals surface area contributed by atoms with Gasteiger partial charge < -0.3 is 19.5 Å². The van der Waals surface area contributed by atoms with E-state index in [1.807, 2.05) is 55.5 Å². The van der Waals surface area contributed by atoms with Crippen LogP contribution in [0.15, 0.2) is 48.5 Å². The first-order valence-electron chi connectivity index (χ1n) is 23.4. The minimum absolute atomic E-state index is 0.0747. The van der Waals surface area contributed by atoms with Crippen LogP contribution in [0.1, 0.15) is 151 Å². The van der Waals surface area contributed by atoms with Gasteiger partial charge in [0.15, 0.2) is 31.2 Å². The molecular weight excluding hydrogens is 839 g/mol. The molecule has 0 unspecified atom stereocenters. The molecule has 2 aliphatic carbocycles. The van der Waals surface area contributed by atoms with Crippen LogP contribution in [0.5, 0.6) is 11.5 Å². The molecule has 2 aromatic rings. The molecule has 0 aliphatic heterocycles. The molecule has 0 radical (unpaired) electrons. The highest BCUT2D eigenvalue weighted by Gasteiger charge is 2.36. The van der Waals surface area contributed by atoms with E-state index in [1.54, 1.807) is 41.5 Å². The molecule has 0 bridgehead atoms. The van der Waals surface area contributed by atoms with E-state index in [4.69, 9.17) is 14.2 Å². The number of rotatable bonds is 23. The highest BCUT2D eigenvalue weighted by Crippen LogP contribution is 2.35. The van der Waals surface area contributed by atoms with Gasteiger partial charge in [-0.2, -0.15) is 0 Å². The second kappa shape index (κ2) is 26.0. The quantitative estimate of drug-likeness (QED) is 0.106. The zero-order chi connectivity index (χ0) is 46.7. The molecule has 2 saturated carbocycles. The van der Waals surface area contributed by atoms with Crippen LogP contribution >= 0.6 is 0 Å². The third-order valence-electron chi connectivity index (χ3n) is 12.4. The molecule has 2 aromatic carbocycles. The minimum Gasteiger partial charge on any atom is -0.490 e. The number of sulfone groups is 2. The fourth-order valence-electron chi connectivity index (χ4n) is 8.03. The normalized spacial score (nSPS) is 19.6. The summed E-state index contributed by atoms with van der Waals surface area (Å²) in [4.78, 5) is 36.1. The van der Waals surface area contributed by atoms with Gasteiger partial charge in [0.05, 0.1) is 40.8 Å². The lowest BCUT2D eigenvalue weighted by molar-refractivity contribution is -0.125. The first kappa shape index (κ1) is 54.0. The van der Waals surface area contributed by atoms with E-state index in [0.717, 1.165) is 106 Å². The number of hydrogen-bond donors (Lipinski definition) is 1. The third kappa shape index (κ3) is 19.4. The lowest BCUT2D eigenvalue weighted by atomic mass is 9.80. The predicted octanol–water partition coefficient (Wildman–Crippen LogP) is 10.2. The fourth-order valence-corrected chi connectivity index (χ4v) is 10.9. The Labute approximate surface area is 380 Å². The highest BCUT2D eigenvalue weighted by atomic mass is 32.2.